The van der Waals surface area contributed by atoms with E-state index in [9.17, 15) is 9.50 Å². The molecule has 6 heteroatoms. The third-order valence-corrected chi connectivity index (χ3v) is 3.63. The molecular weight excluding hydrogens is 267 g/mol. The molecule has 1 aromatic carbocycles. The van der Waals surface area contributed by atoms with Gasteiger partial charge in [0.05, 0.1) is 17.7 Å². The maximum Gasteiger partial charge on any atom is 0.133 e. The lowest BCUT2D eigenvalue weighted by Gasteiger charge is -2.13. The first-order chi connectivity index (χ1) is 9.04. The largest absolute Gasteiger partial charge is 0.497 e. The average molecular weight is 282 g/mol. The number of aliphatic hydroxyl groups is 1. The lowest BCUT2D eigenvalue weighted by Crippen LogP contribution is -2.05. The van der Waals surface area contributed by atoms with Crippen molar-refractivity contribution < 1.29 is 14.2 Å². The fourth-order valence-corrected chi connectivity index (χ4v) is 2.61. The van der Waals surface area contributed by atoms with Crippen LogP contribution in [0.15, 0.2) is 18.2 Å². The minimum Gasteiger partial charge on any atom is -0.497 e. The Morgan fingerprint density at radius 2 is 2.11 bits per heavy atom. The molecule has 0 radical (unpaired) electrons. The van der Waals surface area contributed by atoms with Crippen LogP contribution in [-0.2, 0) is 0 Å². The Bertz CT molecular complexity index is 572. The standard InChI is InChI=1S/C13H15FN2O2S/c1-7(2)11-13(19-16-15-11)12(17)9-5-4-8(18-3)6-10(9)14/h4-7,12,17H,1-3H3. The van der Waals surface area contributed by atoms with Gasteiger partial charge in [-0.2, -0.15) is 0 Å². The Hall–Kier alpha value is -1.53. The summed E-state index contributed by atoms with van der Waals surface area (Å²) in [4.78, 5) is 0.582. The number of benzene rings is 1. The van der Waals surface area contributed by atoms with E-state index in [0.717, 1.165) is 11.5 Å². The fourth-order valence-electron chi connectivity index (χ4n) is 1.79. The number of halogens is 1. The molecule has 0 saturated carbocycles. The van der Waals surface area contributed by atoms with Crippen molar-refractivity contribution in [1.82, 2.24) is 9.59 Å². The normalized spacial score (nSPS) is 12.7. The summed E-state index contributed by atoms with van der Waals surface area (Å²) in [7, 11) is 1.47. The Morgan fingerprint density at radius 3 is 2.68 bits per heavy atom. The van der Waals surface area contributed by atoms with Gasteiger partial charge < -0.3 is 9.84 Å². The van der Waals surface area contributed by atoms with Crippen LogP contribution in [0, 0.1) is 5.82 Å². The minimum absolute atomic E-state index is 0.129. The highest BCUT2D eigenvalue weighted by Gasteiger charge is 2.23. The van der Waals surface area contributed by atoms with Gasteiger partial charge in [-0.15, -0.1) is 5.10 Å². The lowest BCUT2D eigenvalue weighted by atomic mass is 10.0. The molecule has 4 nitrogen and oxygen atoms in total. The Morgan fingerprint density at radius 1 is 1.37 bits per heavy atom. The number of aromatic nitrogens is 2. The number of hydrogen-bond acceptors (Lipinski definition) is 5. The molecule has 2 aromatic rings. The Balaban J connectivity index is 2.38. The predicted molar refractivity (Wildman–Crippen MR) is 71.0 cm³/mol. The molecule has 1 heterocycles. The van der Waals surface area contributed by atoms with Crippen molar-refractivity contribution in [1.29, 1.82) is 0 Å². The molecule has 0 aliphatic rings. The van der Waals surface area contributed by atoms with Crippen molar-refractivity contribution in [3.8, 4) is 5.75 Å². The zero-order valence-corrected chi connectivity index (χ0v) is 11.7. The molecule has 1 unspecified atom stereocenters. The van der Waals surface area contributed by atoms with E-state index in [1.807, 2.05) is 13.8 Å². The molecule has 0 bridgehead atoms. The average Bonchev–Trinajstić information content (AvgIpc) is 2.87. The van der Waals surface area contributed by atoms with E-state index in [2.05, 4.69) is 9.59 Å². The molecule has 0 saturated heterocycles. The number of aliphatic hydroxyl groups excluding tert-OH is 1. The first kappa shape index (κ1) is 13.9. The van der Waals surface area contributed by atoms with Crippen LogP contribution in [0.2, 0.25) is 0 Å². The summed E-state index contributed by atoms with van der Waals surface area (Å²) in [5, 5.41) is 14.3. The first-order valence-corrected chi connectivity index (χ1v) is 6.65. The molecule has 0 spiro atoms. The molecule has 0 amide bonds. The van der Waals surface area contributed by atoms with Crippen LogP contribution in [0.3, 0.4) is 0 Å². The summed E-state index contributed by atoms with van der Waals surface area (Å²) < 4.78 is 22.7. The van der Waals surface area contributed by atoms with Gasteiger partial charge in [0.25, 0.3) is 0 Å². The molecular formula is C13H15FN2O2S. The van der Waals surface area contributed by atoms with Gasteiger partial charge in [-0.25, -0.2) is 4.39 Å². The summed E-state index contributed by atoms with van der Waals surface area (Å²) in [6.07, 6.45) is -1.05. The monoisotopic (exact) mass is 282 g/mol. The highest BCUT2D eigenvalue weighted by molar-refractivity contribution is 7.05. The minimum atomic E-state index is -1.05. The zero-order chi connectivity index (χ0) is 14.0. The van der Waals surface area contributed by atoms with Crippen molar-refractivity contribution >= 4 is 11.5 Å². The van der Waals surface area contributed by atoms with Gasteiger partial charge in [-0.05, 0) is 29.6 Å². The summed E-state index contributed by atoms with van der Waals surface area (Å²) in [6, 6.07) is 4.38. The quantitative estimate of drug-likeness (QED) is 0.937. The van der Waals surface area contributed by atoms with Crippen LogP contribution >= 0.6 is 11.5 Å². The van der Waals surface area contributed by atoms with Crippen molar-refractivity contribution in [3.63, 3.8) is 0 Å². The van der Waals surface area contributed by atoms with Crippen molar-refractivity contribution in [3.05, 3.63) is 40.2 Å². The Kier molecular flexibility index (Phi) is 4.11. The topological polar surface area (TPSA) is 55.2 Å². The molecule has 0 fully saturated rings. The fraction of sp³-hybridized carbons (Fsp3) is 0.385. The molecule has 1 aromatic heterocycles. The van der Waals surface area contributed by atoms with Gasteiger partial charge in [0.15, 0.2) is 0 Å². The first-order valence-electron chi connectivity index (χ1n) is 5.88. The van der Waals surface area contributed by atoms with Crippen LogP contribution in [0.4, 0.5) is 4.39 Å². The number of methoxy groups -OCH3 is 1. The van der Waals surface area contributed by atoms with Gasteiger partial charge in [0.2, 0.25) is 0 Å². The van der Waals surface area contributed by atoms with E-state index in [1.165, 1.54) is 19.2 Å². The maximum atomic E-state index is 13.9. The molecule has 0 aliphatic heterocycles. The van der Waals surface area contributed by atoms with E-state index < -0.39 is 11.9 Å². The van der Waals surface area contributed by atoms with Gasteiger partial charge in [-0.1, -0.05) is 18.3 Å². The van der Waals surface area contributed by atoms with Crippen molar-refractivity contribution in [2.45, 2.75) is 25.9 Å². The van der Waals surface area contributed by atoms with E-state index in [4.69, 9.17) is 4.74 Å². The lowest BCUT2D eigenvalue weighted by molar-refractivity contribution is 0.216. The number of hydrogen-bond donors (Lipinski definition) is 1. The number of ether oxygens (including phenoxy) is 1. The van der Waals surface area contributed by atoms with E-state index in [1.54, 1.807) is 6.07 Å². The molecule has 1 N–H and O–H groups in total. The molecule has 19 heavy (non-hydrogen) atoms. The second-order valence-corrected chi connectivity index (χ2v) is 5.25. The summed E-state index contributed by atoms with van der Waals surface area (Å²) in [6.45, 7) is 3.91. The van der Waals surface area contributed by atoms with Crippen LogP contribution in [-0.4, -0.2) is 21.8 Å². The predicted octanol–water partition coefficient (Wildman–Crippen LogP) is 2.89. The van der Waals surface area contributed by atoms with Crippen LogP contribution in [0.25, 0.3) is 0 Å². The summed E-state index contributed by atoms with van der Waals surface area (Å²) >= 11 is 1.09. The molecule has 0 aliphatic carbocycles. The second kappa shape index (κ2) is 5.63. The van der Waals surface area contributed by atoms with Crippen LogP contribution in [0.1, 0.15) is 42.0 Å². The zero-order valence-electron chi connectivity index (χ0n) is 10.9. The molecule has 102 valence electrons. The summed E-state index contributed by atoms with van der Waals surface area (Å²) in [5.41, 5.74) is 0.904. The van der Waals surface area contributed by atoms with E-state index >= 15 is 0 Å². The highest BCUT2D eigenvalue weighted by atomic mass is 32.1. The SMILES string of the molecule is COc1ccc(C(O)c2snnc2C(C)C)c(F)c1. The van der Waals surface area contributed by atoms with Gasteiger partial charge >= 0.3 is 0 Å². The number of rotatable bonds is 4. The molecule has 2 rings (SSSR count). The Labute approximate surface area is 115 Å². The third kappa shape index (κ3) is 2.74. The van der Waals surface area contributed by atoms with E-state index in [0.29, 0.717) is 16.3 Å². The third-order valence-electron chi connectivity index (χ3n) is 2.84. The van der Waals surface area contributed by atoms with Crippen molar-refractivity contribution in [2.75, 3.05) is 7.11 Å². The van der Waals surface area contributed by atoms with Crippen LogP contribution < -0.4 is 4.74 Å². The smallest absolute Gasteiger partial charge is 0.133 e. The maximum absolute atomic E-state index is 13.9. The summed E-state index contributed by atoms with van der Waals surface area (Å²) in [5.74, 6) is 0.0413. The van der Waals surface area contributed by atoms with Gasteiger partial charge in [-0.3, -0.25) is 0 Å². The number of nitrogens with zero attached hydrogens (tertiary/aromatic N) is 2. The second-order valence-electron chi connectivity index (χ2n) is 4.47. The highest BCUT2D eigenvalue weighted by Crippen LogP contribution is 2.32. The molecule has 1 atom stereocenters. The van der Waals surface area contributed by atoms with Gasteiger partial charge in [0.1, 0.15) is 17.7 Å². The van der Waals surface area contributed by atoms with Gasteiger partial charge in [0, 0.05) is 11.6 Å². The van der Waals surface area contributed by atoms with Crippen molar-refractivity contribution in [2.24, 2.45) is 0 Å². The van der Waals surface area contributed by atoms with Crippen LogP contribution in [0.5, 0.6) is 5.75 Å². The van der Waals surface area contributed by atoms with E-state index in [-0.39, 0.29) is 11.5 Å².